The molecule has 8 nitrogen and oxygen atoms in total. The molecule has 180 valence electrons. The van der Waals surface area contributed by atoms with Crippen LogP contribution >= 0.6 is 0 Å². The Morgan fingerprint density at radius 3 is 2.46 bits per heavy atom. The number of carbonyl (C=O) groups excluding carboxylic acids is 2. The second-order valence-electron chi connectivity index (χ2n) is 7.78. The highest BCUT2D eigenvalue weighted by atomic mass is 19.1. The summed E-state index contributed by atoms with van der Waals surface area (Å²) < 4.78 is 32.9. The molecular weight excluding hydrogens is 456 g/mol. The average Bonchev–Trinajstić information content (AvgIpc) is 3.19. The molecule has 0 fully saturated rings. The summed E-state index contributed by atoms with van der Waals surface area (Å²) in [5.74, 6) is -2.27. The molecule has 3 aromatic rings. The van der Waals surface area contributed by atoms with Crippen LogP contribution in [0.1, 0.15) is 27.5 Å². The number of amides is 2. The van der Waals surface area contributed by atoms with Crippen molar-refractivity contribution in [3.63, 3.8) is 0 Å². The molecule has 4 rings (SSSR count). The Morgan fingerprint density at radius 2 is 1.80 bits per heavy atom. The number of rotatable bonds is 7. The van der Waals surface area contributed by atoms with Crippen LogP contribution in [-0.2, 0) is 11.3 Å². The number of hydrogen-bond donors (Lipinski definition) is 4. The third-order valence-corrected chi connectivity index (χ3v) is 5.60. The Hall–Kier alpha value is -4.44. The number of anilines is 1. The van der Waals surface area contributed by atoms with E-state index in [0.29, 0.717) is 16.9 Å². The van der Waals surface area contributed by atoms with Crippen LogP contribution in [0.3, 0.4) is 0 Å². The van der Waals surface area contributed by atoms with Gasteiger partial charge in [0.25, 0.3) is 5.91 Å². The molecule has 0 bridgehead atoms. The van der Waals surface area contributed by atoms with Gasteiger partial charge < -0.3 is 21.5 Å². The van der Waals surface area contributed by atoms with Crippen molar-refractivity contribution in [2.45, 2.75) is 12.6 Å². The van der Waals surface area contributed by atoms with Crippen molar-refractivity contribution in [3.05, 3.63) is 106 Å². The Bertz CT molecular complexity index is 1310. The van der Waals surface area contributed by atoms with Crippen LogP contribution in [0, 0.1) is 11.6 Å². The SMILES string of the molecule is COc1ccccc1C(=O)NCc1ccc(C2NN(c3ccc(F)cc3F)C(N)=C2C(N)=O)cc1. The summed E-state index contributed by atoms with van der Waals surface area (Å²) in [6.45, 7) is 0.253. The Balaban J connectivity index is 1.51. The van der Waals surface area contributed by atoms with E-state index < -0.39 is 23.6 Å². The molecule has 6 N–H and O–H groups in total. The second-order valence-corrected chi connectivity index (χ2v) is 7.78. The number of methoxy groups -OCH3 is 1. The van der Waals surface area contributed by atoms with Crippen LogP contribution in [0.15, 0.2) is 78.1 Å². The Labute approximate surface area is 200 Å². The minimum atomic E-state index is -0.856. The van der Waals surface area contributed by atoms with Gasteiger partial charge in [-0.15, -0.1) is 0 Å². The van der Waals surface area contributed by atoms with E-state index in [9.17, 15) is 18.4 Å². The van der Waals surface area contributed by atoms with Gasteiger partial charge in [0.2, 0.25) is 5.91 Å². The predicted molar refractivity (Wildman–Crippen MR) is 126 cm³/mol. The minimum absolute atomic E-state index is 0.0472. The number of nitrogens with zero attached hydrogens (tertiary/aromatic N) is 1. The van der Waals surface area contributed by atoms with Gasteiger partial charge in [-0.1, -0.05) is 36.4 Å². The first-order valence-corrected chi connectivity index (χ1v) is 10.6. The topological polar surface area (TPSA) is 123 Å². The third-order valence-electron chi connectivity index (χ3n) is 5.60. The maximum absolute atomic E-state index is 14.3. The monoisotopic (exact) mass is 479 g/mol. The average molecular weight is 479 g/mol. The number of nitrogens with one attached hydrogen (secondary N) is 2. The summed E-state index contributed by atoms with van der Waals surface area (Å²) in [5, 5.41) is 4.00. The molecule has 3 aromatic carbocycles. The molecule has 1 unspecified atom stereocenters. The van der Waals surface area contributed by atoms with Gasteiger partial charge in [0, 0.05) is 12.6 Å². The zero-order valence-electron chi connectivity index (χ0n) is 18.7. The summed E-state index contributed by atoms with van der Waals surface area (Å²) in [7, 11) is 1.50. The molecular formula is C25H23F2N5O3. The number of para-hydroxylation sites is 1. The standard InChI is InChI=1S/C25H23F2N5O3/c1-35-20-5-3-2-4-17(20)25(34)30-13-14-6-8-15(9-7-14)22-21(24(29)33)23(28)32(31-22)19-11-10-16(26)12-18(19)27/h2-12,22,31H,13,28H2,1H3,(H2,29,33)(H,30,34). The number of nitrogens with two attached hydrogens (primary N) is 2. The van der Waals surface area contributed by atoms with Gasteiger partial charge in [-0.2, -0.15) is 0 Å². The summed E-state index contributed by atoms with van der Waals surface area (Å²) in [5.41, 5.74) is 16.5. The molecule has 1 aliphatic heterocycles. The fourth-order valence-corrected chi connectivity index (χ4v) is 3.84. The van der Waals surface area contributed by atoms with Crippen molar-refractivity contribution in [1.82, 2.24) is 10.7 Å². The fraction of sp³-hybridized carbons (Fsp3) is 0.120. The van der Waals surface area contributed by atoms with Gasteiger partial charge in [0.05, 0.1) is 30.0 Å². The normalized spacial score (nSPS) is 15.3. The van der Waals surface area contributed by atoms with Gasteiger partial charge in [-0.3, -0.25) is 14.6 Å². The number of hydrogen-bond acceptors (Lipinski definition) is 6. The van der Waals surface area contributed by atoms with E-state index in [-0.39, 0.29) is 29.5 Å². The first-order chi connectivity index (χ1) is 16.8. The maximum Gasteiger partial charge on any atom is 0.255 e. The largest absolute Gasteiger partial charge is 0.496 e. The van der Waals surface area contributed by atoms with Gasteiger partial charge >= 0.3 is 0 Å². The van der Waals surface area contributed by atoms with Crippen LogP contribution in [0.4, 0.5) is 14.5 Å². The lowest BCUT2D eigenvalue weighted by Crippen LogP contribution is -2.36. The molecule has 0 aliphatic carbocycles. The lowest BCUT2D eigenvalue weighted by Gasteiger charge is -2.22. The number of primary amides is 1. The number of ether oxygens (including phenoxy) is 1. The highest BCUT2D eigenvalue weighted by Gasteiger charge is 2.36. The quantitative estimate of drug-likeness (QED) is 0.413. The van der Waals surface area contributed by atoms with Gasteiger partial charge in [-0.25, -0.2) is 14.2 Å². The van der Waals surface area contributed by atoms with Crippen molar-refractivity contribution in [3.8, 4) is 5.75 Å². The van der Waals surface area contributed by atoms with Crippen LogP contribution < -0.4 is 32.0 Å². The van der Waals surface area contributed by atoms with E-state index in [1.807, 2.05) is 0 Å². The number of carbonyl (C=O) groups is 2. The summed E-state index contributed by atoms with van der Waals surface area (Å²) in [6.07, 6.45) is 0. The summed E-state index contributed by atoms with van der Waals surface area (Å²) >= 11 is 0. The lowest BCUT2D eigenvalue weighted by atomic mass is 9.98. The van der Waals surface area contributed by atoms with Crippen molar-refractivity contribution in [2.24, 2.45) is 11.5 Å². The molecule has 0 saturated carbocycles. The first-order valence-electron chi connectivity index (χ1n) is 10.6. The number of halogens is 2. The predicted octanol–water partition coefficient (Wildman–Crippen LogP) is 2.62. The maximum atomic E-state index is 14.3. The number of hydrazine groups is 1. The summed E-state index contributed by atoms with van der Waals surface area (Å²) in [6, 6.07) is 16.2. The first kappa shape index (κ1) is 23.7. The molecule has 2 amide bonds. The molecule has 0 saturated heterocycles. The molecule has 35 heavy (non-hydrogen) atoms. The van der Waals surface area contributed by atoms with Crippen LogP contribution in [0.25, 0.3) is 0 Å². The fourth-order valence-electron chi connectivity index (χ4n) is 3.84. The van der Waals surface area contributed by atoms with Crippen molar-refractivity contribution >= 4 is 17.5 Å². The molecule has 0 radical (unpaired) electrons. The van der Waals surface area contributed by atoms with Gasteiger partial charge in [0.1, 0.15) is 17.4 Å². The van der Waals surface area contributed by atoms with Crippen LogP contribution in [0.2, 0.25) is 0 Å². The summed E-state index contributed by atoms with van der Waals surface area (Å²) in [4.78, 5) is 24.7. The third kappa shape index (κ3) is 4.78. The molecule has 1 atom stereocenters. The van der Waals surface area contributed by atoms with Crippen molar-refractivity contribution < 1.29 is 23.1 Å². The Morgan fingerprint density at radius 1 is 1.09 bits per heavy atom. The van der Waals surface area contributed by atoms with E-state index in [2.05, 4.69) is 10.7 Å². The van der Waals surface area contributed by atoms with E-state index >= 15 is 0 Å². The lowest BCUT2D eigenvalue weighted by molar-refractivity contribution is -0.114. The van der Waals surface area contributed by atoms with Crippen molar-refractivity contribution in [2.75, 3.05) is 12.1 Å². The molecule has 10 heteroatoms. The van der Waals surface area contributed by atoms with Crippen LogP contribution in [-0.4, -0.2) is 18.9 Å². The van der Waals surface area contributed by atoms with Gasteiger partial charge in [-0.05, 0) is 35.4 Å². The smallest absolute Gasteiger partial charge is 0.255 e. The molecule has 0 aromatic heterocycles. The van der Waals surface area contributed by atoms with E-state index in [4.69, 9.17) is 16.2 Å². The Kier molecular flexibility index (Phi) is 6.65. The van der Waals surface area contributed by atoms with Crippen molar-refractivity contribution in [1.29, 1.82) is 0 Å². The van der Waals surface area contributed by atoms with E-state index in [1.54, 1.807) is 48.5 Å². The van der Waals surface area contributed by atoms with Crippen LogP contribution in [0.5, 0.6) is 5.75 Å². The minimum Gasteiger partial charge on any atom is -0.496 e. The zero-order chi connectivity index (χ0) is 25.1. The highest BCUT2D eigenvalue weighted by Crippen LogP contribution is 2.34. The zero-order valence-corrected chi connectivity index (χ0v) is 18.7. The molecule has 0 spiro atoms. The molecule has 1 heterocycles. The highest BCUT2D eigenvalue weighted by molar-refractivity contribution is 5.97. The van der Waals surface area contributed by atoms with Gasteiger partial charge in [0.15, 0.2) is 5.82 Å². The second kappa shape index (κ2) is 9.82. The number of benzene rings is 3. The van der Waals surface area contributed by atoms with E-state index in [1.165, 1.54) is 18.2 Å². The van der Waals surface area contributed by atoms with E-state index in [0.717, 1.165) is 17.7 Å². The molecule has 1 aliphatic rings.